The van der Waals surface area contributed by atoms with Crippen LogP contribution in [0.1, 0.15) is 15.9 Å². The Hall–Kier alpha value is -2.11. The molecule has 1 aromatic heterocycles. The summed E-state index contributed by atoms with van der Waals surface area (Å²) in [7, 11) is 1.59. The van der Waals surface area contributed by atoms with Crippen LogP contribution in [0.15, 0.2) is 36.7 Å². The SMILES string of the molecule is COCCNC(=O)c1cncc(Nc2ccc(C)c(Cl)c2)c1. The van der Waals surface area contributed by atoms with Gasteiger partial charge in [-0.1, -0.05) is 17.7 Å². The van der Waals surface area contributed by atoms with Gasteiger partial charge in [0.25, 0.3) is 5.91 Å². The van der Waals surface area contributed by atoms with Gasteiger partial charge in [-0.3, -0.25) is 9.78 Å². The van der Waals surface area contributed by atoms with E-state index in [1.807, 2.05) is 25.1 Å². The van der Waals surface area contributed by atoms with Gasteiger partial charge in [-0.2, -0.15) is 0 Å². The van der Waals surface area contributed by atoms with Crippen molar-refractivity contribution in [1.82, 2.24) is 10.3 Å². The van der Waals surface area contributed by atoms with Gasteiger partial charge in [-0.25, -0.2) is 0 Å². The van der Waals surface area contributed by atoms with Crippen molar-refractivity contribution < 1.29 is 9.53 Å². The number of anilines is 2. The maximum atomic E-state index is 12.0. The van der Waals surface area contributed by atoms with E-state index >= 15 is 0 Å². The third-order valence-corrected chi connectivity index (χ3v) is 3.46. The number of ether oxygens (including phenoxy) is 1. The zero-order chi connectivity index (χ0) is 15.9. The lowest BCUT2D eigenvalue weighted by atomic mass is 10.2. The standard InChI is InChI=1S/C16H18ClN3O2/c1-11-3-4-13(8-15(11)17)20-14-7-12(9-18-10-14)16(21)19-5-6-22-2/h3-4,7-10,20H,5-6H2,1-2H3,(H,19,21). The Bertz CT molecular complexity index is 662. The molecule has 2 rings (SSSR count). The summed E-state index contributed by atoms with van der Waals surface area (Å²) in [6.07, 6.45) is 3.18. The normalized spacial score (nSPS) is 10.3. The van der Waals surface area contributed by atoms with Gasteiger partial charge in [-0.15, -0.1) is 0 Å². The van der Waals surface area contributed by atoms with Crippen molar-refractivity contribution in [2.24, 2.45) is 0 Å². The van der Waals surface area contributed by atoms with Gasteiger partial charge < -0.3 is 15.4 Å². The summed E-state index contributed by atoms with van der Waals surface area (Å²) in [5, 5.41) is 6.62. The van der Waals surface area contributed by atoms with E-state index in [-0.39, 0.29) is 5.91 Å². The van der Waals surface area contributed by atoms with Crippen LogP contribution in [0.25, 0.3) is 0 Å². The molecule has 0 fully saturated rings. The van der Waals surface area contributed by atoms with E-state index in [0.717, 1.165) is 16.9 Å². The van der Waals surface area contributed by atoms with E-state index < -0.39 is 0 Å². The van der Waals surface area contributed by atoms with Crippen molar-refractivity contribution >= 4 is 28.9 Å². The minimum atomic E-state index is -0.185. The lowest BCUT2D eigenvalue weighted by Crippen LogP contribution is -2.27. The summed E-state index contributed by atoms with van der Waals surface area (Å²) >= 11 is 6.10. The average molecular weight is 320 g/mol. The molecule has 5 nitrogen and oxygen atoms in total. The number of aryl methyl sites for hydroxylation is 1. The maximum Gasteiger partial charge on any atom is 0.253 e. The molecule has 22 heavy (non-hydrogen) atoms. The predicted molar refractivity (Wildman–Crippen MR) is 87.9 cm³/mol. The molecular formula is C16H18ClN3O2. The smallest absolute Gasteiger partial charge is 0.253 e. The number of nitrogens with one attached hydrogen (secondary N) is 2. The number of pyridine rings is 1. The first-order valence-corrected chi connectivity index (χ1v) is 7.23. The number of nitrogens with zero attached hydrogens (tertiary/aromatic N) is 1. The van der Waals surface area contributed by atoms with Crippen LogP contribution in [-0.4, -0.2) is 31.2 Å². The molecule has 0 aliphatic heterocycles. The van der Waals surface area contributed by atoms with Gasteiger partial charge in [-0.05, 0) is 30.7 Å². The molecule has 0 saturated heterocycles. The molecule has 6 heteroatoms. The highest BCUT2D eigenvalue weighted by atomic mass is 35.5. The van der Waals surface area contributed by atoms with Crippen LogP contribution < -0.4 is 10.6 Å². The van der Waals surface area contributed by atoms with Crippen molar-refractivity contribution in [2.45, 2.75) is 6.92 Å². The lowest BCUT2D eigenvalue weighted by Gasteiger charge is -2.09. The molecule has 2 aromatic rings. The van der Waals surface area contributed by atoms with Gasteiger partial charge >= 0.3 is 0 Å². The zero-order valence-electron chi connectivity index (χ0n) is 12.5. The van der Waals surface area contributed by atoms with Crippen LogP contribution in [0.2, 0.25) is 5.02 Å². The molecule has 0 aliphatic rings. The monoisotopic (exact) mass is 319 g/mol. The summed E-state index contributed by atoms with van der Waals surface area (Å²) in [6, 6.07) is 7.43. The summed E-state index contributed by atoms with van der Waals surface area (Å²) in [6.45, 7) is 2.87. The van der Waals surface area contributed by atoms with Gasteiger partial charge in [0.15, 0.2) is 0 Å². The first kappa shape index (κ1) is 16.3. The Morgan fingerprint density at radius 1 is 1.27 bits per heavy atom. The second-order valence-corrected chi connectivity index (χ2v) is 5.21. The number of halogens is 1. The second kappa shape index (κ2) is 7.77. The number of carbonyl (C=O) groups is 1. The highest BCUT2D eigenvalue weighted by Gasteiger charge is 2.07. The van der Waals surface area contributed by atoms with Crippen molar-refractivity contribution in [3.63, 3.8) is 0 Å². The van der Waals surface area contributed by atoms with Crippen LogP contribution in [0.4, 0.5) is 11.4 Å². The second-order valence-electron chi connectivity index (χ2n) is 4.80. The first-order chi connectivity index (χ1) is 10.6. The number of carbonyl (C=O) groups excluding carboxylic acids is 1. The number of amides is 1. The summed E-state index contributed by atoms with van der Waals surface area (Å²) in [4.78, 5) is 16.0. The fraction of sp³-hybridized carbons (Fsp3) is 0.250. The third-order valence-electron chi connectivity index (χ3n) is 3.05. The van der Waals surface area contributed by atoms with E-state index in [2.05, 4.69) is 15.6 Å². The van der Waals surface area contributed by atoms with E-state index in [9.17, 15) is 4.79 Å². The lowest BCUT2D eigenvalue weighted by molar-refractivity contribution is 0.0937. The number of rotatable bonds is 6. The Balaban J connectivity index is 2.07. The molecule has 116 valence electrons. The topological polar surface area (TPSA) is 63.2 Å². The highest BCUT2D eigenvalue weighted by molar-refractivity contribution is 6.31. The molecule has 1 amide bonds. The van der Waals surface area contributed by atoms with Crippen molar-refractivity contribution in [3.05, 3.63) is 52.8 Å². The number of benzene rings is 1. The van der Waals surface area contributed by atoms with Crippen LogP contribution in [0, 0.1) is 6.92 Å². The van der Waals surface area contributed by atoms with Gasteiger partial charge in [0.2, 0.25) is 0 Å². The molecule has 0 bridgehead atoms. The van der Waals surface area contributed by atoms with E-state index in [0.29, 0.717) is 23.7 Å². The van der Waals surface area contributed by atoms with Crippen LogP contribution in [0.5, 0.6) is 0 Å². The van der Waals surface area contributed by atoms with Crippen LogP contribution >= 0.6 is 11.6 Å². The number of hydrogen-bond donors (Lipinski definition) is 2. The zero-order valence-corrected chi connectivity index (χ0v) is 13.3. The molecule has 1 aromatic carbocycles. The van der Waals surface area contributed by atoms with Crippen molar-refractivity contribution in [2.75, 3.05) is 25.6 Å². The minimum absolute atomic E-state index is 0.185. The molecule has 0 saturated carbocycles. The fourth-order valence-electron chi connectivity index (χ4n) is 1.84. The number of aromatic nitrogens is 1. The minimum Gasteiger partial charge on any atom is -0.383 e. The highest BCUT2D eigenvalue weighted by Crippen LogP contribution is 2.23. The van der Waals surface area contributed by atoms with Gasteiger partial charge in [0.05, 0.1) is 24.1 Å². The Labute approximate surface area is 134 Å². The molecule has 1 heterocycles. The fourth-order valence-corrected chi connectivity index (χ4v) is 2.02. The van der Waals surface area contributed by atoms with Crippen molar-refractivity contribution in [3.8, 4) is 0 Å². The largest absolute Gasteiger partial charge is 0.383 e. The Morgan fingerprint density at radius 3 is 2.82 bits per heavy atom. The van der Waals surface area contributed by atoms with E-state index in [1.165, 1.54) is 6.20 Å². The molecule has 0 atom stereocenters. The van der Waals surface area contributed by atoms with Crippen LogP contribution in [0.3, 0.4) is 0 Å². The summed E-state index contributed by atoms with van der Waals surface area (Å²) in [5.74, 6) is -0.185. The average Bonchev–Trinajstić information content (AvgIpc) is 2.51. The van der Waals surface area contributed by atoms with Crippen molar-refractivity contribution in [1.29, 1.82) is 0 Å². The quantitative estimate of drug-likeness (QED) is 0.803. The molecular weight excluding hydrogens is 302 g/mol. The first-order valence-electron chi connectivity index (χ1n) is 6.85. The molecule has 0 unspecified atom stereocenters. The summed E-state index contributed by atoms with van der Waals surface area (Å²) in [5.41, 5.74) is 3.06. The van der Waals surface area contributed by atoms with E-state index in [4.69, 9.17) is 16.3 Å². The van der Waals surface area contributed by atoms with Gasteiger partial charge in [0.1, 0.15) is 0 Å². The van der Waals surface area contributed by atoms with Gasteiger partial charge in [0, 0.05) is 30.6 Å². The molecule has 0 radical (unpaired) electrons. The Kier molecular flexibility index (Phi) is 5.75. The predicted octanol–water partition coefficient (Wildman–Crippen LogP) is 3.16. The number of hydrogen-bond acceptors (Lipinski definition) is 4. The maximum absolute atomic E-state index is 12.0. The van der Waals surface area contributed by atoms with Crippen LogP contribution in [-0.2, 0) is 4.74 Å². The van der Waals surface area contributed by atoms with E-state index in [1.54, 1.807) is 19.4 Å². The molecule has 0 spiro atoms. The molecule has 2 N–H and O–H groups in total. The summed E-state index contributed by atoms with van der Waals surface area (Å²) < 4.78 is 4.90. The third kappa shape index (κ3) is 4.44. The Morgan fingerprint density at radius 2 is 2.09 bits per heavy atom. The molecule has 0 aliphatic carbocycles. The number of methoxy groups -OCH3 is 1.